The largest absolute Gasteiger partial charge is 0.465 e. The molecule has 0 aromatic heterocycles. The molecule has 0 heterocycles. The van der Waals surface area contributed by atoms with E-state index in [0.717, 1.165) is 6.42 Å². The second-order valence-corrected chi connectivity index (χ2v) is 5.73. The summed E-state index contributed by atoms with van der Waals surface area (Å²) in [4.78, 5) is 11.9. The molecule has 1 N–H and O–H groups in total. The number of esters is 1. The first-order valence-corrected chi connectivity index (χ1v) is 7.92. The highest BCUT2D eigenvalue weighted by molar-refractivity contribution is 7.99. The van der Waals surface area contributed by atoms with Gasteiger partial charge in [-0.15, -0.1) is 0 Å². The fourth-order valence-electron chi connectivity index (χ4n) is 1.77. The number of rotatable bonds is 8. The zero-order valence-electron chi connectivity index (χ0n) is 11.9. The minimum atomic E-state index is -0.234. The van der Waals surface area contributed by atoms with Crippen molar-refractivity contribution in [3.05, 3.63) is 35.9 Å². The molecular weight excluding hydrogens is 258 g/mol. The van der Waals surface area contributed by atoms with Gasteiger partial charge in [-0.1, -0.05) is 37.3 Å². The summed E-state index contributed by atoms with van der Waals surface area (Å²) in [5.74, 6) is -0.153. The van der Waals surface area contributed by atoms with Gasteiger partial charge in [-0.05, 0) is 25.2 Å². The summed E-state index contributed by atoms with van der Waals surface area (Å²) in [6, 6.07) is 9.85. The predicted octanol–water partition coefficient (Wildman–Crippen LogP) is 2.85. The van der Waals surface area contributed by atoms with Crippen molar-refractivity contribution in [3.8, 4) is 0 Å². The summed E-state index contributed by atoms with van der Waals surface area (Å²) >= 11 is 1.76. The molecule has 0 amide bonds. The van der Waals surface area contributed by atoms with Gasteiger partial charge in [-0.2, -0.15) is 11.8 Å². The number of benzene rings is 1. The Hall–Kier alpha value is -1.00. The molecule has 3 nitrogen and oxygen atoms in total. The van der Waals surface area contributed by atoms with Gasteiger partial charge in [-0.3, -0.25) is 4.79 Å². The molecule has 1 aromatic rings. The topological polar surface area (TPSA) is 38.3 Å². The maximum atomic E-state index is 11.9. The summed E-state index contributed by atoms with van der Waals surface area (Å²) in [5, 5.41) is 3.73. The molecule has 106 valence electrons. The van der Waals surface area contributed by atoms with E-state index in [1.165, 1.54) is 5.56 Å². The number of hydrogen-bond donors (Lipinski definition) is 1. The van der Waals surface area contributed by atoms with Gasteiger partial charge in [0.1, 0.15) is 6.04 Å². The Morgan fingerprint density at radius 2 is 2.05 bits per heavy atom. The first kappa shape index (κ1) is 16.1. The standard InChI is InChI=1S/C15H23NO2S/c1-4-18-15(17)14(10-12(2)19-3)16-11-13-8-6-5-7-9-13/h5-9,12,14,16H,4,10-11H2,1-3H3. The summed E-state index contributed by atoms with van der Waals surface area (Å²) in [5.41, 5.74) is 1.17. The van der Waals surface area contributed by atoms with Crippen molar-refractivity contribution in [1.82, 2.24) is 5.32 Å². The average molecular weight is 281 g/mol. The molecule has 0 saturated carbocycles. The fraction of sp³-hybridized carbons (Fsp3) is 0.533. The van der Waals surface area contributed by atoms with Crippen molar-refractivity contribution in [2.75, 3.05) is 12.9 Å². The normalized spacial score (nSPS) is 13.8. The molecule has 0 bridgehead atoms. The third-order valence-electron chi connectivity index (χ3n) is 2.94. The summed E-state index contributed by atoms with van der Waals surface area (Å²) in [7, 11) is 0. The fourth-order valence-corrected chi connectivity index (χ4v) is 2.16. The van der Waals surface area contributed by atoms with Crippen molar-refractivity contribution in [1.29, 1.82) is 0 Å². The van der Waals surface area contributed by atoms with Crippen LogP contribution in [0.1, 0.15) is 25.8 Å². The van der Waals surface area contributed by atoms with Gasteiger partial charge in [0.05, 0.1) is 6.61 Å². The molecule has 2 unspecified atom stereocenters. The number of carbonyl (C=O) groups excluding carboxylic acids is 1. The van der Waals surface area contributed by atoms with Gasteiger partial charge < -0.3 is 10.1 Å². The van der Waals surface area contributed by atoms with Gasteiger partial charge in [0, 0.05) is 11.8 Å². The monoisotopic (exact) mass is 281 g/mol. The highest BCUT2D eigenvalue weighted by Gasteiger charge is 2.21. The summed E-state index contributed by atoms with van der Waals surface area (Å²) in [6.45, 7) is 5.08. The Balaban J connectivity index is 2.55. The lowest BCUT2D eigenvalue weighted by molar-refractivity contribution is -0.145. The maximum absolute atomic E-state index is 11.9. The van der Waals surface area contributed by atoms with Crippen LogP contribution in [0.5, 0.6) is 0 Å². The molecule has 0 fully saturated rings. The van der Waals surface area contributed by atoms with Crippen molar-refractivity contribution < 1.29 is 9.53 Å². The third kappa shape index (κ3) is 6.12. The smallest absolute Gasteiger partial charge is 0.323 e. The van der Waals surface area contributed by atoms with Crippen LogP contribution in [0, 0.1) is 0 Å². The van der Waals surface area contributed by atoms with Gasteiger partial charge in [0.25, 0.3) is 0 Å². The van der Waals surface area contributed by atoms with Gasteiger partial charge in [0.2, 0.25) is 0 Å². The molecule has 4 heteroatoms. The quantitative estimate of drug-likeness (QED) is 0.744. The van der Waals surface area contributed by atoms with Crippen molar-refractivity contribution in [2.45, 2.75) is 38.1 Å². The highest BCUT2D eigenvalue weighted by Crippen LogP contribution is 2.13. The lowest BCUT2D eigenvalue weighted by Crippen LogP contribution is -2.39. The second-order valence-electron chi connectivity index (χ2n) is 4.45. The minimum absolute atomic E-state index is 0.153. The Kier molecular flexibility index (Phi) is 7.60. The zero-order valence-corrected chi connectivity index (χ0v) is 12.7. The van der Waals surface area contributed by atoms with E-state index in [-0.39, 0.29) is 12.0 Å². The molecule has 1 aromatic carbocycles. The van der Waals surface area contributed by atoms with E-state index in [9.17, 15) is 4.79 Å². The molecule has 0 aliphatic carbocycles. The Labute approximate surface area is 120 Å². The molecule has 0 aliphatic heterocycles. The number of hydrogen-bond acceptors (Lipinski definition) is 4. The van der Waals surface area contributed by atoms with Crippen LogP contribution in [0.2, 0.25) is 0 Å². The number of ether oxygens (including phenoxy) is 1. The lowest BCUT2D eigenvalue weighted by Gasteiger charge is -2.20. The van der Waals surface area contributed by atoms with Crippen LogP contribution >= 0.6 is 11.8 Å². The summed E-state index contributed by atoms with van der Waals surface area (Å²) < 4.78 is 5.13. The van der Waals surface area contributed by atoms with E-state index in [0.29, 0.717) is 18.4 Å². The number of nitrogens with one attached hydrogen (secondary N) is 1. The van der Waals surface area contributed by atoms with Crippen molar-refractivity contribution in [2.24, 2.45) is 0 Å². The van der Waals surface area contributed by atoms with Crippen LogP contribution in [-0.2, 0) is 16.1 Å². The van der Waals surface area contributed by atoms with Crippen LogP contribution in [0.15, 0.2) is 30.3 Å². The van der Waals surface area contributed by atoms with E-state index >= 15 is 0 Å². The second kappa shape index (κ2) is 8.99. The van der Waals surface area contributed by atoms with Gasteiger partial charge >= 0.3 is 5.97 Å². The van der Waals surface area contributed by atoms with E-state index in [4.69, 9.17) is 4.74 Å². The van der Waals surface area contributed by atoms with E-state index in [1.807, 2.05) is 37.3 Å². The molecule has 0 saturated heterocycles. The molecular formula is C15H23NO2S. The van der Waals surface area contributed by atoms with E-state index in [1.54, 1.807) is 11.8 Å². The molecule has 1 rings (SSSR count). The van der Waals surface area contributed by atoms with Gasteiger partial charge in [0.15, 0.2) is 0 Å². The SMILES string of the molecule is CCOC(=O)C(CC(C)SC)NCc1ccccc1. The first-order valence-electron chi connectivity index (χ1n) is 6.64. The van der Waals surface area contributed by atoms with Crippen molar-refractivity contribution in [3.63, 3.8) is 0 Å². The van der Waals surface area contributed by atoms with Gasteiger partial charge in [-0.25, -0.2) is 0 Å². The number of thioether (sulfide) groups is 1. The molecule has 2 atom stereocenters. The Morgan fingerprint density at radius 1 is 1.37 bits per heavy atom. The van der Waals surface area contributed by atoms with Crippen LogP contribution in [0.4, 0.5) is 0 Å². The van der Waals surface area contributed by atoms with E-state index < -0.39 is 0 Å². The zero-order chi connectivity index (χ0) is 14.1. The van der Waals surface area contributed by atoms with Crippen molar-refractivity contribution >= 4 is 17.7 Å². The molecule has 0 aliphatic rings. The Morgan fingerprint density at radius 3 is 2.63 bits per heavy atom. The first-order chi connectivity index (χ1) is 9.17. The third-order valence-corrected chi connectivity index (χ3v) is 3.93. The summed E-state index contributed by atoms with van der Waals surface area (Å²) in [6.07, 6.45) is 2.84. The number of carbonyl (C=O) groups is 1. The Bertz CT molecular complexity index is 370. The highest BCUT2D eigenvalue weighted by atomic mass is 32.2. The van der Waals surface area contributed by atoms with Crippen LogP contribution < -0.4 is 5.32 Å². The van der Waals surface area contributed by atoms with Crippen LogP contribution in [-0.4, -0.2) is 30.1 Å². The van der Waals surface area contributed by atoms with Crippen LogP contribution in [0.25, 0.3) is 0 Å². The molecule has 0 spiro atoms. The van der Waals surface area contributed by atoms with Crippen LogP contribution in [0.3, 0.4) is 0 Å². The predicted molar refractivity (Wildman–Crippen MR) is 81.3 cm³/mol. The molecule has 0 radical (unpaired) electrons. The van der Waals surface area contributed by atoms with E-state index in [2.05, 4.69) is 18.5 Å². The lowest BCUT2D eigenvalue weighted by atomic mass is 10.1. The maximum Gasteiger partial charge on any atom is 0.323 e. The molecule has 19 heavy (non-hydrogen) atoms. The minimum Gasteiger partial charge on any atom is -0.465 e. The average Bonchev–Trinajstić information content (AvgIpc) is 2.44.